The molecule has 0 bridgehead atoms. The van der Waals surface area contributed by atoms with Crippen LogP contribution >= 0.6 is 0 Å². The third-order valence-electron chi connectivity index (χ3n) is 4.83. The number of methoxy groups -OCH3 is 1. The van der Waals surface area contributed by atoms with Gasteiger partial charge in [-0.25, -0.2) is 0 Å². The molecule has 0 saturated carbocycles. The lowest BCUT2D eigenvalue weighted by atomic mass is 9.89. The van der Waals surface area contributed by atoms with E-state index in [1.807, 2.05) is 0 Å². The number of alkyl halides is 6. The van der Waals surface area contributed by atoms with Gasteiger partial charge >= 0.3 is 18.0 Å². The van der Waals surface area contributed by atoms with E-state index in [4.69, 9.17) is 9.47 Å². The summed E-state index contributed by atoms with van der Waals surface area (Å²) in [6, 6.07) is 5.87. The highest BCUT2D eigenvalue weighted by Crippen LogP contribution is 2.53. The van der Waals surface area contributed by atoms with Gasteiger partial charge in [0.2, 0.25) is 5.75 Å². The van der Waals surface area contributed by atoms with Crippen molar-refractivity contribution in [2.75, 3.05) is 20.5 Å². The van der Waals surface area contributed by atoms with E-state index in [2.05, 4.69) is 9.47 Å². The van der Waals surface area contributed by atoms with Crippen molar-refractivity contribution in [1.29, 1.82) is 0 Å². The van der Waals surface area contributed by atoms with Gasteiger partial charge in [-0.05, 0) is 37.1 Å². The molecule has 0 aromatic heterocycles. The lowest BCUT2D eigenvalue weighted by Crippen LogP contribution is -2.56. The molecule has 2 rings (SSSR count). The largest absolute Gasteiger partial charge is 0.487 e. The van der Waals surface area contributed by atoms with Crippen molar-refractivity contribution in [2.45, 2.75) is 44.6 Å². The molecule has 2 aromatic rings. The van der Waals surface area contributed by atoms with Crippen LogP contribution in [0.25, 0.3) is 0 Å². The summed E-state index contributed by atoms with van der Waals surface area (Å²) in [5, 5.41) is 11.2. The fourth-order valence-electron chi connectivity index (χ4n) is 3.35. The Kier molecular flexibility index (Phi) is 8.95. The minimum Gasteiger partial charge on any atom is -0.487 e. The summed E-state index contributed by atoms with van der Waals surface area (Å²) >= 11 is 0. The van der Waals surface area contributed by atoms with E-state index in [-0.39, 0.29) is 41.5 Å². The van der Waals surface area contributed by atoms with Crippen LogP contribution in [0.2, 0.25) is 0 Å². The minimum absolute atomic E-state index is 0.0307. The summed E-state index contributed by atoms with van der Waals surface area (Å²) in [4.78, 5) is 10.5. The highest BCUT2D eigenvalue weighted by Gasteiger charge is 2.73. The first-order valence-electron chi connectivity index (χ1n) is 10.3. The lowest BCUT2D eigenvalue weighted by Gasteiger charge is -2.37. The number of nitrogens with zero attached hydrogens (tertiary/aromatic N) is 1. The summed E-state index contributed by atoms with van der Waals surface area (Å²) < 4.78 is 103. The second kappa shape index (κ2) is 11.1. The van der Waals surface area contributed by atoms with E-state index >= 15 is 0 Å². The SMILES string of the molecule is CCCc1cc(C(OCOC)(C(F)(F)F)C(F)(F)F)ccc1Oc1ccc([N+](=O)[O-])c(OCC)c1. The normalized spacial score (nSPS) is 12.5. The van der Waals surface area contributed by atoms with Gasteiger partial charge in [-0.1, -0.05) is 19.4 Å². The molecule has 0 aliphatic rings. The lowest BCUT2D eigenvalue weighted by molar-refractivity contribution is -0.400. The average molecular weight is 511 g/mol. The van der Waals surface area contributed by atoms with Crippen molar-refractivity contribution in [3.8, 4) is 17.2 Å². The molecule has 0 radical (unpaired) electrons. The van der Waals surface area contributed by atoms with Gasteiger partial charge in [0.05, 0.1) is 11.5 Å². The Hall–Kier alpha value is -3.06. The van der Waals surface area contributed by atoms with Crippen LogP contribution < -0.4 is 9.47 Å². The Labute approximate surface area is 196 Å². The van der Waals surface area contributed by atoms with Gasteiger partial charge in [0.1, 0.15) is 18.3 Å². The highest BCUT2D eigenvalue weighted by atomic mass is 19.4. The predicted octanol–water partition coefficient (Wildman–Crippen LogP) is 6.68. The number of rotatable bonds is 11. The second-order valence-electron chi connectivity index (χ2n) is 7.22. The number of ether oxygens (including phenoxy) is 4. The van der Waals surface area contributed by atoms with Crippen LogP contribution in [0.15, 0.2) is 36.4 Å². The number of aryl methyl sites for hydroxylation is 1. The average Bonchev–Trinajstić information content (AvgIpc) is 2.74. The van der Waals surface area contributed by atoms with Gasteiger partial charge in [0, 0.05) is 24.8 Å². The Morgan fingerprint density at radius 3 is 2.11 bits per heavy atom. The molecule has 0 aliphatic heterocycles. The van der Waals surface area contributed by atoms with E-state index in [0.29, 0.717) is 12.5 Å². The second-order valence-corrected chi connectivity index (χ2v) is 7.22. The monoisotopic (exact) mass is 511 g/mol. The zero-order valence-electron chi connectivity index (χ0n) is 19.0. The first kappa shape index (κ1) is 28.2. The van der Waals surface area contributed by atoms with E-state index in [1.165, 1.54) is 12.1 Å². The summed E-state index contributed by atoms with van der Waals surface area (Å²) in [5.74, 6) is -0.0978. The van der Waals surface area contributed by atoms with E-state index < -0.39 is 35.2 Å². The van der Waals surface area contributed by atoms with Crippen LogP contribution in [0.4, 0.5) is 32.0 Å². The van der Waals surface area contributed by atoms with Gasteiger partial charge in [-0.2, -0.15) is 26.3 Å². The van der Waals surface area contributed by atoms with Crippen LogP contribution in [-0.4, -0.2) is 37.8 Å². The van der Waals surface area contributed by atoms with Crippen LogP contribution in [0.3, 0.4) is 0 Å². The molecule has 0 aliphatic carbocycles. The predicted molar refractivity (Wildman–Crippen MR) is 112 cm³/mol. The van der Waals surface area contributed by atoms with Gasteiger partial charge in [-0.15, -0.1) is 0 Å². The van der Waals surface area contributed by atoms with E-state index in [9.17, 15) is 36.5 Å². The molecule has 194 valence electrons. The zero-order chi connectivity index (χ0) is 26.4. The summed E-state index contributed by atoms with van der Waals surface area (Å²) in [5.41, 5.74) is -6.12. The van der Waals surface area contributed by atoms with Gasteiger partial charge in [0.25, 0.3) is 5.60 Å². The molecule has 0 unspecified atom stereocenters. The maximum atomic E-state index is 13.9. The Bertz CT molecular complexity index is 1010. The number of nitro benzene ring substituents is 1. The Morgan fingerprint density at radius 2 is 1.60 bits per heavy atom. The molecule has 0 N–H and O–H groups in total. The molecule has 7 nitrogen and oxygen atoms in total. The minimum atomic E-state index is -5.86. The van der Waals surface area contributed by atoms with Crippen molar-refractivity contribution in [3.05, 3.63) is 57.6 Å². The Balaban J connectivity index is 2.61. The van der Waals surface area contributed by atoms with Gasteiger partial charge in [0.15, 0.2) is 0 Å². The first-order chi connectivity index (χ1) is 16.3. The summed E-state index contributed by atoms with van der Waals surface area (Å²) in [6.07, 6.45) is -11.3. The fourth-order valence-corrected chi connectivity index (χ4v) is 3.35. The van der Waals surface area contributed by atoms with Crippen LogP contribution in [0.1, 0.15) is 31.4 Å². The molecule has 0 amide bonds. The van der Waals surface area contributed by atoms with Crippen LogP contribution in [-0.2, 0) is 21.5 Å². The highest BCUT2D eigenvalue weighted by molar-refractivity contribution is 5.52. The fraction of sp³-hybridized carbons (Fsp3) is 0.455. The Morgan fingerprint density at radius 1 is 0.943 bits per heavy atom. The molecule has 0 heterocycles. The third kappa shape index (κ3) is 5.96. The molecular formula is C22H23F6NO6. The van der Waals surface area contributed by atoms with Crippen LogP contribution in [0, 0.1) is 10.1 Å². The molecular weight excluding hydrogens is 488 g/mol. The molecule has 0 spiro atoms. The maximum absolute atomic E-state index is 13.9. The molecule has 35 heavy (non-hydrogen) atoms. The molecule has 0 fully saturated rings. The van der Waals surface area contributed by atoms with Gasteiger partial charge in [-0.3, -0.25) is 10.1 Å². The molecule has 13 heteroatoms. The number of hydrogen-bond donors (Lipinski definition) is 0. The zero-order valence-corrected chi connectivity index (χ0v) is 19.0. The number of hydrogen-bond acceptors (Lipinski definition) is 6. The maximum Gasteiger partial charge on any atom is 0.430 e. The standard InChI is InChI=1S/C22H23F6NO6/c1-4-6-14-11-15(20(21(23,24)25,22(26,27)28)34-13-32-3)7-10-18(14)35-16-8-9-17(29(30)31)19(12-16)33-5-2/h7-12H,4-6,13H2,1-3H3. The van der Waals surface area contributed by atoms with Crippen molar-refractivity contribution in [2.24, 2.45) is 0 Å². The van der Waals surface area contributed by atoms with Crippen molar-refractivity contribution < 1.29 is 50.2 Å². The van der Waals surface area contributed by atoms with Crippen LogP contribution in [0.5, 0.6) is 17.2 Å². The summed E-state index contributed by atoms with van der Waals surface area (Å²) in [7, 11) is 0.900. The topological polar surface area (TPSA) is 80.1 Å². The quantitative estimate of drug-likeness (QED) is 0.145. The number of benzene rings is 2. The van der Waals surface area contributed by atoms with E-state index in [0.717, 1.165) is 25.3 Å². The van der Waals surface area contributed by atoms with E-state index in [1.54, 1.807) is 13.8 Å². The van der Waals surface area contributed by atoms with Crippen molar-refractivity contribution >= 4 is 5.69 Å². The van der Waals surface area contributed by atoms with Gasteiger partial charge < -0.3 is 18.9 Å². The molecule has 0 atom stereocenters. The third-order valence-corrected chi connectivity index (χ3v) is 4.83. The number of nitro groups is 1. The first-order valence-corrected chi connectivity index (χ1v) is 10.3. The molecule has 0 saturated heterocycles. The molecule has 2 aromatic carbocycles. The smallest absolute Gasteiger partial charge is 0.430 e. The van der Waals surface area contributed by atoms with Crippen molar-refractivity contribution in [1.82, 2.24) is 0 Å². The number of halogens is 6. The summed E-state index contributed by atoms with van der Waals surface area (Å²) in [6.45, 7) is 2.13. The van der Waals surface area contributed by atoms with Crippen molar-refractivity contribution in [3.63, 3.8) is 0 Å².